The molecular formula is C13H17ClN2. The third-order valence-corrected chi connectivity index (χ3v) is 4.14. The van der Waals surface area contributed by atoms with Crippen molar-refractivity contribution in [2.45, 2.75) is 12.3 Å². The van der Waals surface area contributed by atoms with Crippen molar-refractivity contribution in [2.24, 2.45) is 5.92 Å². The number of fused-ring (bicyclic) bond motifs is 3. The molecule has 3 rings (SSSR count). The van der Waals surface area contributed by atoms with Gasteiger partial charge in [0.1, 0.15) is 0 Å². The lowest BCUT2D eigenvalue weighted by molar-refractivity contribution is 0.188. The number of halogens is 1. The van der Waals surface area contributed by atoms with E-state index >= 15 is 0 Å². The van der Waals surface area contributed by atoms with Crippen molar-refractivity contribution in [3.63, 3.8) is 0 Å². The Labute approximate surface area is 102 Å². The number of hydrogen-bond donors (Lipinski definition) is 1. The largest absolute Gasteiger partial charge is 0.384 e. The lowest BCUT2D eigenvalue weighted by Crippen LogP contribution is -2.42. The predicted octanol–water partition coefficient (Wildman–Crippen LogP) is 2.80. The van der Waals surface area contributed by atoms with Crippen LogP contribution in [0.2, 0.25) is 5.02 Å². The van der Waals surface area contributed by atoms with E-state index in [1.165, 1.54) is 30.8 Å². The molecule has 2 aliphatic rings. The maximum atomic E-state index is 6.03. The van der Waals surface area contributed by atoms with E-state index in [1.807, 2.05) is 6.07 Å². The van der Waals surface area contributed by atoms with Crippen LogP contribution in [0.4, 0.5) is 5.69 Å². The Balaban J connectivity index is 1.94. The minimum Gasteiger partial charge on any atom is -0.384 e. The summed E-state index contributed by atoms with van der Waals surface area (Å²) in [7, 11) is 2.22. The maximum Gasteiger partial charge on any atom is 0.0426 e. The summed E-state index contributed by atoms with van der Waals surface area (Å²) >= 11 is 6.03. The van der Waals surface area contributed by atoms with Crippen LogP contribution in [-0.2, 0) is 0 Å². The maximum absolute atomic E-state index is 6.03. The molecule has 2 unspecified atom stereocenters. The Hall–Kier alpha value is -0.730. The zero-order valence-corrected chi connectivity index (χ0v) is 10.3. The van der Waals surface area contributed by atoms with Gasteiger partial charge >= 0.3 is 0 Å². The molecule has 2 nitrogen and oxygen atoms in total. The van der Waals surface area contributed by atoms with Crippen molar-refractivity contribution >= 4 is 17.3 Å². The highest BCUT2D eigenvalue weighted by atomic mass is 35.5. The van der Waals surface area contributed by atoms with E-state index in [1.54, 1.807) is 0 Å². The number of likely N-dealkylation sites (tertiary alicyclic amines) is 1. The fourth-order valence-electron chi connectivity index (χ4n) is 3.08. The smallest absolute Gasteiger partial charge is 0.0426 e. The molecule has 2 heterocycles. The second-order valence-electron chi connectivity index (χ2n) is 5.03. The van der Waals surface area contributed by atoms with Gasteiger partial charge in [0.15, 0.2) is 0 Å². The third kappa shape index (κ3) is 1.70. The molecule has 1 aromatic rings. The van der Waals surface area contributed by atoms with Crippen LogP contribution < -0.4 is 5.32 Å². The Bertz CT molecular complexity index is 405. The number of nitrogens with zero attached hydrogens (tertiary/aromatic N) is 1. The van der Waals surface area contributed by atoms with E-state index in [-0.39, 0.29) is 0 Å². The van der Waals surface area contributed by atoms with E-state index in [4.69, 9.17) is 11.6 Å². The minimum atomic E-state index is 0.727. The summed E-state index contributed by atoms with van der Waals surface area (Å²) in [4.78, 5) is 2.43. The Morgan fingerprint density at radius 2 is 2.31 bits per heavy atom. The summed E-state index contributed by atoms with van der Waals surface area (Å²) in [5.74, 6) is 1.48. The third-order valence-electron chi connectivity index (χ3n) is 3.91. The van der Waals surface area contributed by atoms with Crippen LogP contribution in [-0.4, -0.2) is 31.6 Å². The summed E-state index contributed by atoms with van der Waals surface area (Å²) in [6, 6.07) is 6.28. The fraction of sp³-hybridized carbons (Fsp3) is 0.538. The van der Waals surface area contributed by atoms with Crippen LogP contribution in [0.25, 0.3) is 0 Å². The van der Waals surface area contributed by atoms with Crippen LogP contribution in [0.3, 0.4) is 0 Å². The Kier molecular flexibility index (Phi) is 2.56. The summed E-state index contributed by atoms with van der Waals surface area (Å²) in [6.07, 6.45) is 1.28. The molecule has 1 saturated heterocycles. The SMILES string of the molecule is CN1CCC2c3ccc(Cl)cc3NCC2C1. The molecule has 3 heteroatoms. The van der Waals surface area contributed by atoms with Crippen LogP contribution in [0.15, 0.2) is 18.2 Å². The molecule has 0 radical (unpaired) electrons. The lowest BCUT2D eigenvalue weighted by Gasteiger charge is -2.41. The van der Waals surface area contributed by atoms with Gasteiger partial charge in [-0.2, -0.15) is 0 Å². The minimum absolute atomic E-state index is 0.727. The Morgan fingerprint density at radius 3 is 3.19 bits per heavy atom. The van der Waals surface area contributed by atoms with E-state index in [9.17, 15) is 0 Å². The molecule has 1 N–H and O–H groups in total. The standard InChI is InChI=1S/C13H17ClN2/c1-16-5-4-11-9(8-16)7-15-13-6-10(14)2-3-12(11)13/h2-3,6,9,11,15H,4-5,7-8H2,1H3. The quantitative estimate of drug-likeness (QED) is 0.745. The number of piperidine rings is 1. The average molecular weight is 237 g/mol. The van der Waals surface area contributed by atoms with Gasteiger partial charge in [-0.1, -0.05) is 17.7 Å². The lowest BCUT2D eigenvalue weighted by atomic mass is 9.77. The number of rotatable bonds is 0. The van der Waals surface area contributed by atoms with Crippen LogP contribution >= 0.6 is 11.6 Å². The van der Waals surface area contributed by atoms with Gasteiger partial charge < -0.3 is 10.2 Å². The molecule has 1 aromatic carbocycles. The van der Waals surface area contributed by atoms with Crippen LogP contribution in [0.1, 0.15) is 17.9 Å². The zero-order chi connectivity index (χ0) is 11.1. The average Bonchev–Trinajstić information content (AvgIpc) is 2.28. The number of benzene rings is 1. The summed E-state index contributed by atoms with van der Waals surface area (Å²) in [5.41, 5.74) is 2.71. The molecule has 86 valence electrons. The monoisotopic (exact) mass is 236 g/mol. The summed E-state index contributed by atoms with van der Waals surface area (Å²) in [6.45, 7) is 3.51. The van der Waals surface area contributed by atoms with Crippen molar-refractivity contribution in [3.8, 4) is 0 Å². The molecule has 0 spiro atoms. The molecule has 2 aliphatic heterocycles. The van der Waals surface area contributed by atoms with E-state index in [0.717, 1.165) is 23.4 Å². The van der Waals surface area contributed by atoms with Crippen LogP contribution in [0.5, 0.6) is 0 Å². The van der Waals surface area contributed by atoms with Crippen molar-refractivity contribution in [3.05, 3.63) is 28.8 Å². The first-order valence-electron chi connectivity index (χ1n) is 5.96. The first-order valence-corrected chi connectivity index (χ1v) is 6.33. The van der Waals surface area contributed by atoms with E-state index in [2.05, 4.69) is 29.4 Å². The van der Waals surface area contributed by atoms with Gasteiger partial charge in [0.05, 0.1) is 0 Å². The van der Waals surface area contributed by atoms with Gasteiger partial charge in [0.2, 0.25) is 0 Å². The normalized spacial score (nSPS) is 29.1. The highest BCUT2D eigenvalue weighted by molar-refractivity contribution is 6.30. The van der Waals surface area contributed by atoms with Crippen molar-refractivity contribution in [1.29, 1.82) is 0 Å². The van der Waals surface area contributed by atoms with Gasteiger partial charge in [0.25, 0.3) is 0 Å². The topological polar surface area (TPSA) is 15.3 Å². The van der Waals surface area contributed by atoms with Gasteiger partial charge in [-0.3, -0.25) is 0 Å². The summed E-state index contributed by atoms with van der Waals surface area (Å²) < 4.78 is 0. The number of anilines is 1. The fourth-order valence-corrected chi connectivity index (χ4v) is 3.25. The van der Waals surface area contributed by atoms with Crippen LogP contribution in [0, 0.1) is 5.92 Å². The first-order chi connectivity index (χ1) is 7.74. The highest BCUT2D eigenvalue weighted by Gasteiger charge is 2.33. The van der Waals surface area contributed by atoms with Crippen molar-refractivity contribution in [2.75, 3.05) is 32.0 Å². The van der Waals surface area contributed by atoms with Crippen molar-refractivity contribution in [1.82, 2.24) is 4.90 Å². The molecule has 0 saturated carbocycles. The van der Waals surface area contributed by atoms with Gasteiger partial charge in [-0.05, 0) is 49.5 Å². The number of nitrogens with one attached hydrogen (secondary N) is 1. The molecule has 1 fully saturated rings. The van der Waals surface area contributed by atoms with Gasteiger partial charge in [-0.25, -0.2) is 0 Å². The van der Waals surface area contributed by atoms with E-state index < -0.39 is 0 Å². The van der Waals surface area contributed by atoms with E-state index in [0.29, 0.717) is 0 Å². The zero-order valence-electron chi connectivity index (χ0n) is 9.54. The molecule has 0 aliphatic carbocycles. The number of hydrogen-bond acceptors (Lipinski definition) is 2. The molecule has 0 aromatic heterocycles. The molecule has 0 bridgehead atoms. The molecular weight excluding hydrogens is 220 g/mol. The molecule has 2 atom stereocenters. The van der Waals surface area contributed by atoms with Crippen molar-refractivity contribution < 1.29 is 0 Å². The Morgan fingerprint density at radius 1 is 1.44 bits per heavy atom. The second-order valence-corrected chi connectivity index (χ2v) is 5.47. The first kappa shape index (κ1) is 10.4. The van der Waals surface area contributed by atoms with Gasteiger partial charge in [0, 0.05) is 23.8 Å². The second kappa shape index (κ2) is 3.94. The molecule has 16 heavy (non-hydrogen) atoms. The highest BCUT2D eigenvalue weighted by Crippen LogP contribution is 2.40. The molecule has 0 amide bonds. The summed E-state index contributed by atoms with van der Waals surface area (Å²) in [5, 5.41) is 4.34. The predicted molar refractivity (Wildman–Crippen MR) is 68.3 cm³/mol. The van der Waals surface area contributed by atoms with Gasteiger partial charge in [-0.15, -0.1) is 0 Å².